The molecule has 0 N–H and O–H groups in total. The van der Waals surface area contributed by atoms with Crippen molar-refractivity contribution in [3.63, 3.8) is 0 Å². The van der Waals surface area contributed by atoms with E-state index in [4.69, 9.17) is 23.8 Å². The molecular formula is C63H36N4O2S. The zero-order valence-electron chi connectivity index (χ0n) is 37.3. The van der Waals surface area contributed by atoms with Gasteiger partial charge in [0.15, 0.2) is 17.5 Å². The molecule has 0 fully saturated rings. The third kappa shape index (κ3) is 6.02. The van der Waals surface area contributed by atoms with Gasteiger partial charge in [0.2, 0.25) is 0 Å². The number of furan rings is 2. The maximum Gasteiger partial charge on any atom is 0.167 e. The van der Waals surface area contributed by atoms with E-state index in [1.54, 1.807) is 0 Å². The fraction of sp³-hybridized carbons (Fsp3) is 0. The van der Waals surface area contributed by atoms with Crippen LogP contribution >= 0.6 is 11.3 Å². The molecule has 0 saturated carbocycles. The highest BCUT2D eigenvalue weighted by Gasteiger charge is 2.21. The summed E-state index contributed by atoms with van der Waals surface area (Å²) in [6.45, 7) is 0. The maximum atomic E-state index is 6.59. The Balaban J connectivity index is 0.855. The lowest BCUT2D eigenvalue weighted by molar-refractivity contribution is 0.668. The molecule has 10 aromatic carbocycles. The second-order valence-corrected chi connectivity index (χ2v) is 19.0. The Labute approximate surface area is 404 Å². The zero-order valence-corrected chi connectivity index (χ0v) is 38.1. The molecule has 0 atom stereocenters. The topological polar surface area (TPSA) is 69.9 Å². The number of benzene rings is 10. The van der Waals surface area contributed by atoms with Gasteiger partial charge in [0.05, 0.1) is 16.6 Å². The number of rotatable bonds is 6. The Bertz CT molecular complexity index is 4600. The molecule has 5 heterocycles. The normalized spacial score (nSPS) is 12.0. The molecule has 326 valence electrons. The van der Waals surface area contributed by atoms with Crippen molar-refractivity contribution in [3.05, 3.63) is 218 Å². The van der Waals surface area contributed by atoms with Crippen LogP contribution in [0.15, 0.2) is 227 Å². The number of thiophene rings is 1. The summed E-state index contributed by atoms with van der Waals surface area (Å²) in [4.78, 5) is 15.5. The number of aromatic nitrogens is 4. The van der Waals surface area contributed by atoms with E-state index in [0.717, 1.165) is 77.4 Å². The Morgan fingerprint density at radius 3 is 1.66 bits per heavy atom. The molecule has 15 aromatic rings. The van der Waals surface area contributed by atoms with Crippen LogP contribution in [-0.2, 0) is 0 Å². The van der Waals surface area contributed by atoms with E-state index in [2.05, 4.69) is 150 Å². The zero-order chi connectivity index (χ0) is 45.9. The molecule has 0 aliphatic rings. The molecule has 6 nitrogen and oxygen atoms in total. The van der Waals surface area contributed by atoms with Gasteiger partial charge in [-0.05, 0) is 107 Å². The van der Waals surface area contributed by atoms with Crippen LogP contribution in [0.25, 0.3) is 148 Å². The predicted octanol–water partition coefficient (Wildman–Crippen LogP) is 17.5. The number of hydrogen-bond donors (Lipinski definition) is 0. The highest BCUT2D eigenvalue weighted by Crippen LogP contribution is 2.43. The van der Waals surface area contributed by atoms with E-state index in [1.165, 1.54) is 53.1 Å². The van der Waals surface area contributed by atoms with Crippen LogP contribution in [-0.4, -0.2) is 19.5 Å². The van der Waals surface area contributed by atoms with Gasteiger partial charge in [-0.1, -0.05) is 133 Å². The third-order valence-corrected chi connectivity index (χ3v) is 15.0. The number of nitrogens with zero attached hydrogens (tertiary/aromatic N) is 4. The van der Waals surface area contributed by atoms with Gasteiger partial charge >= 0.3 is 0 Å². The van der Waals surface area contributed by atoms with Crippen LogP contribution in [0.2, 0.25) is 0 Å². The fourth-order valence-electron chi connectivity index (χ4n) is 10.6. The van der Waals surface area contributed by atoms with Crippen LogP contribution in [0.5, 0.6) is 0 Å². The molecule has 0 bridgehead atoms. The van der Waals surface area contributed by atoms with Gasteiger partial charge in [-0.25, -0.2) is 15.0 Å². The van der Waals surface area contributed by atoms with Crippen molar-refractivity contribution in [2.24, 2.45) is 0 Å². The van der Waals surface area contributed by atoms with E-state index in [-0.39, 0.29) is 0 Å². The number of hydrogen-bond acceptors (Lipinski definition) is 6. The summed E-state index contributed by atoms with van der Waals surface area (Å²) in [6.07, 6.45) is 0. The van der Waals surface area contributed by atoms with E-state index < -0.39 is 0 Å². The average Bonchev–Trinajstić information content (AvgIpc) is 4.19. The molecule has 0 unspecified atom stereocenters. The monoisotopic (exact) mass is 912 g/mol. The van der Waals surface area contributed by atoms with E-state index in [0.29, 0.717) is 17.5 Å². The van der Waals surface area contributed by atoms with E-state index in [9.17, 15) is 0 Å². The molecule has 15 rings (SSSR count). The lowest BCUT2D eigenvalue weighted by Gasteiger charge is -2.10. The standard InChI is InChI=1S/C63H36N4O2S/c1-3-13-37(14-4-1)61-64-62(66-63(65-61)47-21-11-19-45-44-18-8-10-23-54(44)69-60(45)47)46-20-12-24-56-59(46)51-36-39(26-30-55(51)68-56)41-28-32-58-50(35-41)49-34-40(27-31-57(49)70-58)38-25-29-53-48(33-38)43-17-7-9-22-52(43)67(53)42-15-5-2-6-16-42/h1-36H. The summed E-state index contributed by atoms with van der Waals surface area (Å²) in [6, 6.07) is 77.0. The lowest BCUT2D eigenvalue weighted by atomic mass is 9.98. The number of para-hydroxylation sites is 4. The van der Waals surface area contributed by atoms with E-state index >= 15 is 0 Å². The van der Waals surface area contributed by atoms with Crippen molar-refractivity contribution >= 4 is 97.2 Å². The molecule has 0 saturated heterocycles. The minimum absolute atomic E-state index is 0.537. The van der Waals surface area contributed by atoms with Crippen molar-refractivity contribution in [3.8, 4) is 62.1 Å². The smallest absolute Gasteiger partial charge is 0.167 e. The SMILES string of the molecule is c1ccc(-c2nc(-c3cccc4c3oc3ccccc34)nc(-c3cccc4oc5ccc(-c6ccc7sc8ccc(-c9ccc%10c(c9)c9ccccc9n%10-c9ccccc9)cc8c7c6)cc5c34)n2)cc1. The van der Waals surface area contributed by atoms with Crippen LogP contribution in [0.4, 0.5) is 0 Å². The minimum atomic E-state index is 0.537. The van der Waals surface area contributed by atoms with Gasteiger partial charge in [-0.3, -0.25) is 0 Å². The van der Waals surface area contributed by atoms with Crippen LogP contribution in [0.3, 0.4) is 0 Å². The summed E-state index contributed by atoms with van der Waals surface area (Å²) in [5, 5.41) is 8.99. The molecule has 70 heavy (non-hydrogen) atoms. The minimum Gasteiger partial charge on any atom is -0.456 e. The quantitative estimate of drug-likeness (QED) is 0.166. The molecular weight excluding hydrogens is 877 g/mol. The summed E-state index contributed by atoms with van der Waals surface area (Å²) in [5.74, 6) is 1.67. The van der Waals surface area contributed by atoms with Crippen molar-refractivity contribution in [1.82, 2.24) is 19.5 Å². The second-order valence-electron chi connectivity index (χ2n) is 17.9. The molecule has 7 heteroatoms. The second kappa shape index (κ2) is 15.2. The summed E-state index contributed by atoms with van der Waals surface area (Å²) >= 11 is 1.84. The Morgan fingerprint density at radius 2 is 0.871 bits per heavy atom. The Hall–Kier alpha value is -9.17. The van der Waals surface area contributed by atoms with Crippen LogP contribution < -0.4 is 0 Å². The molecule has 5 aromatic heterocycles. The summed E-state index contributed by atoms with van der Waals surface area (Å²) in [7, 11) is 0. The summed E-state index contributed by atoms with van der Waals surface area (Å²) < 4.78 is 18.0. The molecule has 0 aliphatic carbocycles. The third-order valence-electron chi connectivity index (χ3n) is 13.9. The molecule has 0 radical (unpaired) electrons. The van der Waals surface area contributed by atoms with Crippen molar-refractivity contribution < 1.29 is 8.83 Å². The highest BCUT2D eigenvalue weighted by molar-refractivity contribution is 7.25. The predicted molar refractivity (Wildman–Crippen MR) is 289 cm³/mol. The van der Waals surface area contributed by atoms with E-state index in [1.807, 2.05) is 84.1 Å². The Kier molecular flexibility index (Phi) is 8.43. The summed E-state index contributed by atoms with van der Waals surface area (Å²) in [5.41, 5.74) is 13.9. The van der Waals surface area contributed by atoms with Gasteiger partial charge < -0.3 is 13.4 Å². The van der Waals surface area contributed by atoms with Crippen LogP contribution in [0.1, 0.15) is 0 Å². The molecule has 0 amide bonds. The average molecular weight is 913 g/mol. The molecule has 0 aliphatic heterocycles. The first-order valence-electron chi connectivity index (χ1n) is 23.4. The largest absolute Gasteiger partial charge is 0.456 e. The van der Waals surface area contributed by atoms with Crippen LogP contribution in [0, 0.1) is 0 Å². The van der Waals surface area contributed by atoms with Gasteiger partial charge in [0, 0.05) is 69.3 Å². The first-order chi connectivity index (χ1) is 34.7. The Morgan fingerprint density at radius 1 is 0.329 bits per heavy atom. The van der Waals surface area contributed by atoms with Gasteiger partial charge in [-0.15, -0.1) is 11.3 Å². The maximum absolute atomic E-state index is 6.59. The number of fused-ring (bicyclic) bond motifs is 12. The fourth-order valence-corrected chi connectivity index (χ4v) is 11.7. The van der Waals surface area contributed by atoms with Crippen molar-refractivity contribution in [1.29, 1.82) is 0 Å². The molecule has 0 spiro atoms. The van der Waals surface area contributed by atoms with Crippen molar-refractivity contribution in [2.45, 2.75) is 0 Å². The van der Waals surface area contributed by atoms with Gasteiger partial charge in [-0.2, -0.15) is 0 Å². The first-order valence-corrected chi connectivity index (χ1v) is 24.2. The van der Waals surface area contributed by atoms with Gasteiger partial charge in [0.25, 0.3) is 0 Å². The lowest BCUT2D eigenvalue weighted by Crippen LogP contribution is -2.00. The highest BCUT2D eigenvalue weighted by atomic mass is 32.1. The van der Waals surface area contributed by atoms with Crippen molar-refractivity contribution in [2.75, 3.05) is 0 Å². The van der Waals surface area contributed by atoms with Gasteiger partial charge in [0.1, 0.15) is 22.3 Å². The first kappa shape index (κ1) is 38.9.